The second-order valence-corrected chi connectivity index (χ2v) is 3.95. The van der Waals surface area contributed by atoms with Crippen molar-refractivity contribution in [1.29, 1.82) is 0 Å². The molecule has 0 radical (unpaired) electrons. The fraction of sp³-hybridized carbons (Fsp3) is 0.154. The third kappa shape index (κ3) is 3.05. The highest BCUT2D eigenvalue weighted by Gasteiger charge is 2.18. The van der Waals surface area contributed by atoms with E-state index in [-0.39, 0.29) is 11.4 Å². The normalized spacial score (nSPS) is 11.9. The van der Waals surface area contributed by atoms with Crippen LogP contribution in [0.15, 0.2) is 42.7 Å². The number of pyridine rings is 1. The predicted molar refractivity (Wildman–Crippen MR) is 68.0 cm³/mol. The zero-order valence-corrected chi connectivity index (χ0v) is 10.2. The minimum Gasteiger partial charge on any atom is -0.449 e. The first-order chi connectivity index (χ1) is 9.08. The van der Waals surface area contributed by atoms with Gasteiger partial charge in [-0.3, -0.25) is 15.1 Å². The number of ether oxygens (including phenoxy) is 1. The third-order valence-corrected chi connectivity index (χ3v) is 2.52. The van der Waals surface area contributed by atoms with Crippen LogP contribution < -0.4 is 4.74 Å². The van der Waals surface area contributed by atoms with Crippen molar-refractivity contribution < 1.29 is 14.8 Å². The highest BCUT2D eigenvalue weighted by molar-refractivity contribution is 5.50. The van der Waals surface area contributed by atoms with Gasteiger partial charge in [0.15, 0.2) is 0 Å². The van der Waals surface area contributed by atoms with Crippen molar-refractivity contribution >= 4 is 5.69 Å². The molecule has 1 N–H and O–H groups in total. The van der Waals surface area contributed by atoms with Gasteiger partial charge in [-0.1, -0.05) is 6.07 Å². The van der Waals surface area contributed by atoms with E-state index >= 15 is 0 Å². The number of nitro benzene ring substituents is 1. The minimum atomic E-state index is -0.772. The number of benzene rings is 1. The molecule has 0 aliphatic heterocycles. The maximum atomic E-state index is 11.0. The molecule has 6 heteroatoms. The molecule has 19 heavy (non-hydrogen) atoms. The van der Waals surface area contributed by atoms with E-state index in [9.17, 15) is 15.2 Å². The molecule has 1 unspecified atom stereocenters. The molecule has 0 saturated heterocycles. The first-order valence-corrected chi connectivity index (χ1v) is 5.62. The van der Waals surface area contributed by atoms with Gasteiger partial charge in [-0.25, -0.2) is 0 Å². The van der Waals surface area contributed by atoms with Gasteiger partial charge in [-0.05, 0) is 30.7 Å². The maximum Gasteiger partial charge on any atom is 0.311 e. The van der Waals surface area contributed by atoms with Crippen LogP contribution in [-0.2, 0) is 0 Å². The number of nitrogens with zero attached hydrogens (tertiary/aromatic N) is 2. The van der Waals surface area contributed by atoms with Gasteiger partial charge in [0.1, 0.15) is 5.75 Å². The first kappa shape index (κ1) is 13.0. The summed E-state index contributed by atoms with van der Waals surface area (Å²) in [5.74, 6) is 0.526. The molecule has 1 heterocycles. The van der Waals surface area contributed by atoms with Gasteiger partial charge >= 0.3 is 5.69 Å². The average Bonchev–Trinajstić information content (AvgIpc) is 2.39. The van der Waals surface area contributed by atoms with Gasteiger partial charge < -0.3 is 9.84 Å². The van der Waals surface area contributed by atoms with Crippen molar-refractivity contribution in [2.24, 2.45) is 0 Å². The standard InChI is InChI=1S/C13H12N2O4/c1-9(16)10-4-5-13(12(7-10)15(17)18)19-11-3-2-6-14-8-11/h2-9,16H,1H3. The molecule has 0 spiro atoms. The van der Waals surface area contributed by atoms with Crippen LogP contribution in [0.4, 0.5) is 5.69 Å². The molecule has 6 nitrogen and oxygen atoms in total. The summed E-state index contributed by atoms with van der Waals surface area (Å²) in [4.78, 5) is 14.3. The molecular formula is C13H12N2O4. The molecule has 0 bridgehead atoms. The number of aliphatic hydroxyl groups excluding tert-OH is 1. The number of hydrogen-bond acceptors (Lipinski definition) is 5. The van der Waals surface area contributed by atoms with Gasteiger partial charge in [0.2, 0.25) is 5.75 Å². The second kappa shape index (κ2) is 5.45. The summed E-state index contributed by atoms with van der Waals surface area (Å²) in [6.07, 6.45) is 2.27. The Morgan fingerprint density at radius 2 is 2.21 bits per heavy atom. The molecule has 0 amide bonds. The van der Waals surface area contributed by atoms with Crippen LogP contribution in [0.2, 0.25) is 0 Å². The van der Waals surface area contributed by atoms with E-state index in [1.165, 1.54) is 18.3 Å². The molecule has 1 atom stereocenters. The highest BCUT2D eigenvalue weighted by atomic mass is 16.6. The Morgan fingerprint density at radius 1 is 1.42 bits per heavy atom. The summed E-state index contributed by atoms with van der Waals surface area (Å²) < 4.78 is 5.42. The summed E-state index contributed by atoms with van der Waals surface area (Å²) in [6, 6.07) is 7.68. The number of hydrogen-bond donors (Lipinski definition) is 1. The summed E-state index contributed by atoms with van der Waals surface area (Å²) in [5, 5.41) is 20.5. The quantitative estimate of drug-likeness (QED) is 0.674. The second-order valence-electron chi connectivity index (χ2n) is 3.95. The smallest absolute Gasteiger partial charge is 0.311 e. The van der Waals surface area contributed by atoms with Crippen LogP contribution in [0.25, 0.3) is 0 Å². The fourth-order valence-corrected chi connectivity index (χ4v) is 1.56. The molecule has 2 rings (SSSR count). The van der Waals surface area contributed by atoms with Gasteiger partial charge in [-0.15, -0.1) is 0 Å². The van der Waals surface area contributed by atoms with Crippen molar-refractivity contribution in [2.45, 2.75) is 13.0 Å². The van der Waals surface area contributed by atoms with E-state index in [0.29, 0.717) is 11.3 Å². The topological polar surface area (TPSA) is 85.5 Å². The van der Waals surface area contributed by atoms with Crippen LogP contribution in [0.5, 0.6) is 11.5 Å². The van der Waals surface area contributed by atoms with Crippen molar-refractivity contribution in [1.82, 2.24) is 4.98 Å². The molecule has 1 aromatic heterocycles. The maximum absolute atomic E-state index is 11.0. The first-order valence-electron chi connectivity index (χ1n) is 5.62. The lowest BCUT2D eigenvalue weighted by atomic mass is 10.1. The highest BCUT2D eigenvalue weighted by Crippen LogP contribution is 2.33. The van der Waals surface area contributed by atoms with E-state index in [1.807, 2.05) is 0 Å². The third-order valence-electron chi connectivity index (χ3n) is 2.52. The van der Waals surface area contributed by atoms with Crippen LogP contribution in [0.1, 0.15) is 18.6 Å². The monoisotopic (exact) mass is 260 g/mol. The van der Waals surface area contributed by atoms with Crippen LogP contribution in [-0.4, -0.2) is 15.0 Å². The summed E-state index contributed by atoms with van der Waals surface area (Å²) in [7, 11) is 0. The van der Waals surface area contributed by atoms with E-state index in [0.717, 1.165) is 0 Å². The van der Waals surface area contributed by atoms with Crippen molar-refractivity contribution in [2.75, 3.05) is 0 Å². The lowest BCUT2D eigenvalue weighted by Gasteiger charge is -2.08. The summed E-state index contributed by atoms with van der Waals surface area (Å²) in [5.41, 5.74) is 0.271. The van der Waals surface area contributed by atoms with Gasteiger partial charge in [0.25, 0.3) is 0 Å². The Hall–Kier alpha value is -2.47. The predicted octanol–water partition coefficient (Wildman–Crippen LogP) is 2.84. The molecule has 98 valence electrons. The Labute approximate surface area is 109 Å². The molecule has 1 aromatic carbocycles. The van der Waals surface area contributed by atoms with Crippen molar-refractivity contribution in [3.8, 4) is 11.5 Å². The van der Waals surface area contributed by atoms with Crippen molar-refractivity contribution in [3.05, 3.63) is 58.4 Å². The fourth-order valence-electron chi connectivity index (χ4n) is 1.56. The molecular weight excluding hydrogens is 248 g/mol. The Morgan fingerprint density at radius 3 is 2.79 bits per heavy atom. The molecule has 2 aromatic rings. The minimum absolute atomic E-state index is 0.113. The van der Waals surface area contributed by atoms with Crippen molar-refractivity contribution in [3.63, 3.8) is 0 Å². The zero-order valence-electron chi connectivity index (χ0n) is 10.2. The molecule has 0 fully saturated rings. The number of aromatic nitrogens is 1. The lowest BCUT2D eigenvalue weighted by Crippen LogP contribution is -1.97. The Bertz CT molecular complexity index is 584. The van der Waals surface area contributed by atoms with E-state index < -0.39 is 11.0 Å². The molecule has 0 aliphatic carbocycles. The van der Waals surface area contributed by atoms with E-state index in [4.69, 9.17) is 4.74 Å². The van der Waals surface area contributed by atoms with Crippen LogP contribution in [0, 0.1) is 10.1 Å². The van der Waals surface area contributed by atoms with E-state index in [1.54, 1.807) is 31.3 Å². The summed E-state index contributed by atoms with van der Waals surface area (Å²) in [6.45, 7) is 1.54. The summed E-state index contributed by atoms with van der Waals surface area (Å²) >= 11 is 0. The number of rotatable bonds is 4. The molecule has 0 aliphatic rings. The largest absolute Gasteiger partial charge is 0.449 e. The lowest BCUT2D eigenvalue weighted by molar-refractivity contribution is -0.385. The van der Waals surface area contributed by atoms with E-state index in [2.05, 4.69) is 4.98 Å². The average molecular weight is 260 g/mol. The molecule has 0 saturated carbocycles. The number of aliphatic hydroxyl groups is 1. The van der Waals surface area contributed by atoms with Gasteiger partial charge in [-0.2, -0.15) is 0 Å². The van der Waals surface area contributed by atoms with Gasteiger partial charge in [0.05, 0.1) is 17.2 Å². The zero-order chi connectivity index (χ0) is 13.8. The van der Waals surface area contributed by atoms with Gasteiger partial charge in [0, 0.05) is 12.3 Å². The Balaban J connectivity index is 2.37. The van der Waals surface area contributed by atoms with Crippen LogP contribution >= 0.6 is 0 Å². The number of nitro groups is 1. The van der Waals surface area contributed by atoms with Crippen LogP contribution in [0.3, 0.4) is 0 Å². The SMILES string of the molecule is CC(O)c1ccc(Oc2cccnc2)c([N+](=O)[O-])c1. The Kier molecular flexibility index (Phi) is 3.72.